The maximum Gasteiger partial charge on any atom is 0.344 e. The van der Waals surface area contributed by atoms with Gasteiger partial charge in [-0.15, -0.1) is 0 Å². The number of hydrogen-bond donors (Lipinski definition) is 0. The molecule has 0 radical (unpaired) electrons. The summed E-state index contributed by atoms with van der Waals surface area (Å²) in [6.07, 6.45) is 4.28. The van der Waals surface area contributed by atoms with E-state index in [0.717, 1.165) is 47.2 Å². The maximum atomic E-state index is 12.4. The normalized spacial score (nSPS) is 17.2. The molecule has 3 aromatic carbocycles. The van der Waals surface area contributed by atoms with Gasteiger partial charge in [0.15, 0.2) is 13.2 Å². The van der Waals surface area contributed by atoms with Gasteiger partial charge in [-0.3, -0.25) is 0 Å². The lowest BCUT2D eigenvalue weighted by Gasteiger charge is -2.18. The van der Waals surface area contributed by atoms with Gasteiger partial charge in [-0.1, -0.05) is 48.5 Å². The zero-order valence-corrected chi connectivity index (χ0v) is 19.6. The molecule has 2 aliphatic rings. The van der Waals surface area contributed by atoms with Crippen molar-refractivity contribution >= 4 is 33.5 Å². The van der Waals surface area contributed by atoms with E-state index in [1.807, 2.05) is 62.4 Å². The number of esters is 2. The van der Waals surface area contributed by atoms with Gasteiger partial charge in [-0.2, -0.15) is 0 Å². The molecule has 0 N–H and O–H groups in total. The Morgan fingerprint density at radius 3 is 1.29 bits per heavy atom. The van der Waals surface area contributed by atoms with Crippen molar-refractivity contribution < 1.29 is 28.5 Å². The Labute approximate surface area is 199 Å². The summed E-state index contributed by atoms with van der Waals surface area (Å²) in [6, 6.07) is 15.3. The topological polar surface area (TPSA) is 71.1 Å². The van der Waals surface area contributed by atoms with Crippen molar-refractivity contribution in [3.63, 3.8) is 0 Å². The summed E-state index contributed by atoms with van der Waals surface area (Å²) in [7, 11) is 0. The van der Waals surface area contributed by atoms with Crippen molar-refractivity contribution in [3.8, 4) is 11.5 Å². The van der Waals surface area contributed by atoms with E-state index in [1.54, 1.807) is 0 Å². The molecule has 2 aliphatic carbocycles. The summed E-state index contributed by atoms with van der Waals surface area (Å²) in [5.74, 6) is 1.39. The summed E-state index contributed by atoms with van der Waals surface area (Å²) in [4.78, 5) is 24.8. The molecular weight excluding hydrogens is 432 g/mol. The molecule has 0 aromatic heterocycles. The van der Waals surface area contributed by atoms with Gasteiger partial charge in [0.25, 0.3) is 0 Å². The van der Waals surface area contributed by atoms with Crippen LogP contribution in [0.3, 0.4) is 0 Å². The largest absolute Gasteiger partial charge is 0.481 e. The van der Waals surface area contributed by atoms with Gasteiger partial charge in [-0.25, -0.2) is 9.59 Å². The molecule has 0 amide bonds. The second-order valence-corrected chi connectivity index (χ2v) is 9.39. The first-order valence-corrected chi connectivity index (χ1v) is 12.1. The number of carbonyl (C=O) groups excluding carboxylic acids is 2. The third-order valence-corrected chi connectivity index (χ3v) is 6.71. The Kier molecular flexibility index (Phi) is 6.31. The van der Waals surface area contributed by atoms with Crippen LogP contribution in [0.2, 0.25) is 0 Å². The fourth-order valence-corrected chi connectivity index (χ4v) is 4.43. The molecule has 0 heterocycles. The van der Waals surface area contributed by atoms with Crippen LogP contribution in [0, 0.1) is 11.8 Å². The van der Waals surface area contributed by atoms with E-state index in [4.69, 9.17) is 18.9 Å². The summed E-state index contributed by atoms with van der Waals surface area (Å²) in [5.41, 5.74) is 0. The second-order valence-electron chi connectivity index (χ2n) is 9.39. The standard InChI is InChI=1S/C28H30O6/c1-17(19-11-12-19)33-25(29)15-31-27-21-7-3-5-9-23(21)28(24-10-6-4-8-22(24)27)32-16-26(30)34-18(2)20-13-14-20/h3-10,17-20H,11-16H2,1-2H3. The Morgan fingerprint density at radius 2 is 1.00 bits per heavy atom. The van der Waals surface area contributed by atoms with Gasteiger partial charge in [0.1, 0.15) is 23.7 Å². The molecule has 0 aliphatic heterocycles. The number of ether oxygens (including phenoxy) is 4. The van der Waals surface area contributed by atoms with Crippen molar-refractivity contribution in [2.24, 2.45) is 11.8 Å². The lowest BCUT2D eigenvalue weighted by molar-refractivity contribution is -0.152. The molecule has 0 spiro atoms. The van der Waals surface area contributed by atoms with Crippen molar-refractivity contribution in [3.05, 3.63) is 48.5 Å². The number of benzene rings is 3. The monoisotopic (exact) mass is 462 g/mol. The van der Waals surface area contributed by atoms with E-state index in [2.05, 4.69) is 0 Å². The van der Waals surface area contributed by atoms with E-state index in [0.29, 0.717) is 23.3 Å². The van der Waals surface area contributed by atoms with E-state index in [9.17, 15) is 9.59 Å². The number of fused-ring (bicyclic) bond motifs is 2. The SMILES string of the molecule is CC(OC(=O)COc1c2ccccc2c(OCC(=O)OC(C)C2CC2)c2ccccc12)C1CC1. The molecule has 2 atom stereocenters. The van der Waals surface area contributed by atoms with Gasteiger partial charge in [0, 0.05) is 21.5 Å². The minimum Gasteiger partial charge on any atom is -0.481 e. The van der Waals surface area contributed by atoms with E-state index >= 15 is 0 Å². The first-order chi connectivity index (χ1) is 16.5. The van der Waals surface area contributed by atoms with Crippen LogP contribution in [0.15, 0.2) is 48.5 Å². The van der Waals surface area contributed by atoms with Crippen LogP contribution in [0.4, 0.5) is 0 Å². The zero-order chi connectivity index (χ0) is 23.7. The molecule has 3 aromatic rings. The summed E-state index contributed by atoms with van der Waals surface area (Å²) >= 11 is 0. The lowest BCUT2D eigenvalue weighted by atomic mass is 10.0. The number of hydrogen-bond acceptors (Lipinski definition) is 6. The summed E-state index contributed by atoms with van der Waals surface area (Å²) in [6.45, 7) is 3.53. The molecule has 2 saturated carbocycles. The average molecular weight is 463 g/mol. The predicted molar refractivity (Wildman–Crippen MR) is 129 cm³/mol. The van der Waals surface area contributed by atoms with Crippen molar-refractivity contribution in [2.75, 3.05) is 13.2 Å². The first-order valence-electron chi connectivity index (χ1n) is 12.1. The minimum absolute atomic E-state index is 0.0808. The lowest BCUT2D eigenvalue weighted by Crippen LogP contribution is -2.22. The third kappa shape index (κ3) is 4.96. The molecule has 34 heavy (non-hydrogen) atoms. The summed E-state index contributed by atoms with van der Waals surface area (Å²) < 4.78 is 23.1. The molecule has 0 saturated heterocycles. The Bertz CT molecular complexity index is 1060. The first kappa shape index (κ1) is 22.5. The highest BCUT2D eigenvalue weighted by atomic mass is 16.6. The Balaban J connectivity index is 1.39. The van der Waals surface area contributed by atoms with Gasteiger partial charge in [0.05, 0.1) is 0 Å². The van der Waals surface area contributed by atoms with Gasteiger partial charge in [-0.05, 0) is 51.4 Å². The molecule has 178 valence electrons. The van der Waals surface area contributed by atoms with E-state index < -0.39 is 0 Å². The van der Waals surface area contributed by atoms with Gasteiger partial charge in [0.2, 0.25) is 0 Å². The number of rotatable bonds is 10. The quantitative estimate of drug-likeness (QED) is 0.295. The van der Waals surface area contributed by atoms with Crippen LogP contribution >= 0.6 is 0 Å². The van der Waals surface area contributed by atoms with Crippen molar-refractivity contribution in [1.29, 1.82) is 0 Å². The second kappa shape index (κ2) is 9.53. The molecular formula is C28H30O6. The smallest absolute Gasteiger partial charge is 0.344 e. The van der Waals surface area contributed by atoms with Gasteiger partial charge < -0.3 is 18.9 Å². The molecule has 2 unspecified atom stereocenters. The fraction of sp³-hybridized carbons (Fsp3) is 0.429. The van der Waals surface area contributed by atoms with E-state index in [1.165, 1.54) is 0 Å². The van der Waals surface area contributed by atoms with Crippen molar-refractivity contribution in [2.45, 2.75) is 51.7 Å². The molecule has 0 bridgehead atoms. The maximum absolute atomic E-state index is 12.4. The highest BCUT2D eigenvalue weighted by molar-refractivity contribution is 6.11. The van der Waals surface area contributed by atoms with Gasteiger partial charge >= 0.3 is 11.9 Å². The average Bonchev–Trinajstić information content (AvgIpc) is 3.73. The van der Waals surface area contributed by atoms with Crippen LogP contribution in [-0.4, -0.2) is 37.4 Å². The highest BCUT2D eigenvalue weighted by Crippen LogP contribution is 2.43. The number of carbonyl (C=O) groups is 2. The molecule has 2 fully saturated rings. The highest BCUT2D eigenvalue weighted by Gasteiger charge is 2.31. The summed E-state index contributed by atoms with van der Waals surface area (Å²) in [5, 5.41) is 3.22. The third-order valence-electron chi connectivity index (χ3n) is 6.71. The molecule has 6 heteroatoms. The van der Waals surface area contributed by atoms with Crippen LogP contribution in [0.25, 0.3) is 21.5 Å². The molecule has 6 nitrogen and oxygen atoms in total. The molecule has 5 rings (SSSR count). The zero-order valence-electron chi connectivity index (χ0n) is 19.6. The Hall–Kier alpha value is -3.28. The van der Waals surface area contributed by atoms with Crippen LogP contribution in [0.1, 0.15) is 39.5 Å². The van der Waals surface area contributed by atoms with Crippen LogP contribution < -0.4 is 9.47 Å². The predicted octanol–water partition coefficient (Wildman–Crippen LogP) is 5.43. The van der Waals surface area contributed by atoms with Crippen LogP contribution in [0.5, 0.6) is 11.5 Å². The van der Waals surface area contributed by atoms with E-state index in [-0.39, 0.29) is 37.4 Å². The van der Waals surface area contributed by atoms with Crippen molar-refractivity contribution in [1.82, 2.24) is 0 Å². The Morgan fingerprint density at radius 1 is 0.676 bits per heavy atom. The minimum atomic E-state index is -0.375. The fourth-order valence-electron chi connectivity index (χ4n) is 4.43. The van der Waals surface area contributed by atoms with Crippen LogP contribution in [-0.2, 0) is 19.1 Å².